The van der Waals surface area contributed by atoms with Crippen LogP contribution < -0.4 is 0 Å². The lowest BCUT2D eigenvalue weighted by atomic mass is 9.77. The largest absolute Gasteiger partial charge is 0.508 e. The molecule has 2 aromatic carbocycles. The van der Waals surface area contributed by atoms with E-state index in [0.29, 0.717) is 11.7 Å². The molecule has 0 saturated carbocycles. The summed E-state index contributed by atoms with van der Waals surface area (Å²) in [5.41, 5.74) is 2.68. The van der Waals surface area contributed by atoms with Crippen molar-refractivity contribution in [3.05, 3.63) is 65.7 Å². The van der Waals surface area contributed by atoms with Crippen LogP contribution >= 0.6 is 0 Å². The molecule has 1 amide bonds. The Morgan fingerprint density at radius 1 is 0.964 bits per heavy atom. The molecular formula is C24H30N2O2. The SMILES string of the molecule is O=C1CC2(CCN(Cc3cccc(O)c3)CC2)CN1CCCc1ccccc1. The molecule has 0 bridgehead atoms. The van der Waals surface area contributed by atoms with Gasteiger partial charge in [0, 0.05) is 26.1 Å². The van der Waals surface area contributed by atoms with Crippen molar-refractivity contribution in [1.82, 2.24) is 9.80 Å². The summed E-state index contributed by atoms with van der Waals surface area (Å²) in [6.45, 7) is 4.74. The zero-order valence-electron chi connectivity index (χ0n) is 16.5. The van der Waals surface area contributed by atoms with E-state index in [0.717, 1.165) is 70.4 Å². The van der Waals surface area contributed by atoms with Crippen LogP contribution in [-0.4, -0.2) is 47.0 Å². The highest BCUT2D eigenvalue weighted by atomic mass is 16.3. The molecule has 0 radical (unpaired) electrons. The van der Waals surface area contributed by atoms with Gasteiger partial charge in [-0.1, -0.05) is 42.5 Å². The highest BCUT2D eigenvalue weighted by molar-refractivity contribution is 5.79. The number of aromatic hydroxyl groups is 1. The molecule has 0 aliphatic carbocycles. The van der Waals surface area contributed by atoms with Gasteiger partial charge in [-0.2, -0.15) is 0 Å². The number of phenolic OH excluding ortho intramolecular Hbond substituents is 1. The molecular weight excluding hydrogens is 348 g/mol. The van der Waals surface area contributed by atoms with Crippen LogP contribution in [0.5, 0.6) is 5.75 Å². The predicted molar refractivity (Wildman–Crippen MR) is 111 cm³/mol. The highest BCUT2D eigenvalue weighted by Gasteiger charge is 2.44. The van der Waals surface area contributed by atoms with Crippen LogP contribution in [-0.2, 0) is 17.8 Å². The Balaban J connectivity index is 1.25. The minimum Gasteiger partial charge on any atom is -0.508 e. The molecule has 2 aliphatic rings. The van der Waals surface area contributed by atoms with E-state index in [4.69, 9.17) is 0 Å². The summed E-state index contributed by atoms with van der Waals surface area (Å²) in [5, 5.41) is 9.65. The zero-order chi connectivity index (χ0) is 19.4. The molecule has 2 aromatic rings. The zero-order valence-corrected chi connectivity index (χ0v) is 16.5. The fourth-order valence-corrected chi connectivity index (χ4v) is 4.74. The second-order valence-electron chi connectivity index (χ2n) is 8.53. The first-order valence-electron chi connectivity index (χ1n) is 10.4. The molecule has 2 fully saturated rings. The number of benzene rings is 2. The number of rotatable bonds is 6. The number of aryl methyl sites for hydroxylation is 1. The van der Waals surface area contributed by atoms with E-state index in [1.165, 1.54) is 5.56 Å². The van der Waals surface area contributed by atoms with Crippen molar-refractivity contribution in [3.63, 3.8) is 0 Å². The summed E-state index contributed by atoms with van der Waals surface area (Å²) in [6.07, 6.45) is 4.97. The molecule has 0 unspecified atom stereocenters. The van der Waals surface area contributed by atoms with Crippen LogP contribution in [0.15, 0.2) is 54.6 Å². The lowest BCUT2D eigenvalue weighted by molar-refractivity contribution is -0.127. The fraction of sp³-hybridized carbons (Fsp3) is 0.458. The van der Waals surface area contributed by atoms with Crippen LogP contribution in [0.4, 0.5) is 0 Å². The minimum atomic E-state index is 0.180. The molecule has 1 N–H and O–H groups in total. The average Bonchev–Trinajstić information content (AvgIpc) is 3.00. The van der Waals surface area contributed by atoms with Gasteiger partial charge in [0.25, 0.3) is 0 Å². The third-order valence-corrected chi connectivity index (χ3v) is 6.37. The van der Waals surface area contributed by atoms with Crippen molar-refractivity contribution in [2.24, 2.45) is 5.41 Å². The van der Waals surface area contributed by atoms with Gasteiger partial charge < -0.3 is 10.0 Å². The Bertz CT molecular complexity index is 797. The van der Waals surface area contributed by atoms with Gasteiger partial charge in [-0.05, 0) is 67.4 Å². The van der Waals surface area contributed by atoms with Crippen molar-refractivity contribution >= 4 is 5.91 Å². The molecule has 28 heavy (non-hydrogen) atoms. The van der Waals surface area contributed by atoms with Crippen molar-refractivity contribution < 1.29 is 9.90 Å². The second kappa shape index (κ2) is 8.36. The standard InChI is InChI=1S/C24H30N2O2/c27-22-10-4-8-21(16-22)18-25-14-11-24(12-15-25)17-23(28)26(19-24)13-5-9-20-6-2-1-3-7-20/h1-4,6-8,10,16,27H,5,9,11-15,17-19H2. The molecule has 148 valence electrons. The minimum absolute atomic E-state index is 0.180. The van der Waals surface area contributed by atoms with Gasteiger partial charge in [0.2, 0.25) is 5.91 Å². The molecule has 2 heterocycles. The van der Waals surface area contributed by atoms with Gasteiger partial charge in [0.05, 0.1) is 0 Å². The van der Waals surface area contributed by atoms with Crippen LogP contribution in [0.25, 0.3) is 0 Å². The van der Waals surface area contributed by atoms with Gasteiger partial charge in [-0.25, -0.2) is 0 Å². The van der Waals surface area contributed by atoms with E-state index in [1.807, 2.05) is 18.2 Å². The van der Waals surface area contributed by atoms with Crippen LogP contribution in [0.1, 0.15) is 36.8 Å². The number of nitrogens with zero attached hydrogens (tertiary/aromatic N) is 2. The molecule has 4 nitrogen and oxygen atoms in total. The van der Waals surface area contributed by atoms with Gasteiger partial charge in [0.1, 0.15) is 5.75 Å². The van der Waals surface area contributed by atoms with Crippen molar-refractivity contribution in [2.45, 2.75) is 38.6 Å². The molecule has 4 heteroatoms. The molecule has 1 spiro atoms. The first kappa shape index (κ1) is 19.0. The summed E-state index contributed by atoms with van der Waals surface area (Å²) in [5.74, 6) is 0.674. The van der Waals surface area contributed by atoms with Crippen LogP contribution in [0.3, 0.4) is 0 Å². The third kappa shape index (κ3) is 4.56. The van der Waals surface area contributed by atoms with Gasteiger partial charge in [-0.3, -0.25) is 9.69 Å². The number of hydrogen-bond acceptors (Lipinski definition) is 3. The number of likely N-dealkylation sites (tertiary alicyclic amines) is 2. The number of hydrogen-bond donors (Lipinski definition) is 1. The summed E-state index contributed by atoms with van der Waals surface area (Å²) < 4.78 is 0. The molecule has 4 rings (SSSR count). The number of phenols is 1. The summed E-state index contributed by atoms with van der Waals surface area (Å²) >= 11 is 0. The second-order valence-corrected chi connectivity index (χ2v) is 8.53. The van der Waals surface area contributed by atoms with E-state index >= 15 is 0 Å². The van der Waals surface area contributed by atoms with E-state index in [-0.39, 0.29) is 5.41 Å². The van der Waals surface area contributed by atoms with Gasteiger partial charge in [-0.15, -0.1) is 0 Å². The molecule has 2 saturated heterocycles. The lowest BCUT2D eigenvalue weighted by Crippen LogP contribution is -2.41. The maximum atomic E-state index is 12.6. The van der Waals surface area contributed by atoms with Crippen molar-refractivity contribution in [2.75, 3.05) is 26.2 Å². The first-order valence-corrected chi connectivity index (χ1v) is 10.4. The Morgan fingerprint density at radius 2 is 1.71 bits per heavy atom. The normalized spacial score (nSPS) is 19.4. The predicted octanol–water partition coefficient (Wildman–Crippen LogP) is 3.84. The molecule has 2 aliphatic heterocycles. The fourth-order valence-electron chi connectivity index (χ4n) is 4.74. The maximum Gasteiger partial charge on any atom is 0.223 e. The van der Waals surface area contributed by atoms with Crippen molar-refractivity contribution in [3.8, 4) is 5.75 Å². The number of carbonyl (C=O) groups excluding carboxylic acids is 1. The Hall–Kier alpha value is -2.33. The van der Waals surface area contributed by atoms with E-state index in [2.05, 4.69) is 40.1 Å². The molecule has 0 atom stereocenters. The number of carbonyl (C=O) groups is 1. The summed E-state index contributed by atoms with van der Waals surface area (Å²) in [7, 11) is 0. The van der Waals surface area contributed by atoms with Crippen molar-refractivity contribution in [1.29, 1.82) is 0 Å². The Morgan fingerprint density at radius 3 is 2.46 bits per heavy atom. The third-order valence-electron chi connectivity index (χ3n) is 6.37. The lowest BCUT2D eigenvalue weighted by Gasteiger charge is -2.38. The van der Waals surface area contributed by atoms with Gasteiger partial charge in [0.15, 0.2) is 0 Å². The first-order chi connectivity index (χ1) is 13.6. The topological polar surface area (TPSA) is 43.8 Å². The summed E-state index contributed by atoms with van der Waals surface area (Å²) in [6, 6.07) is 18.1. The van der Waals surface area contributed by atoms with E-state index in [1.54, 1.807) is 6.07 Å². The van der Waals surface area contributed by atoms with E-state index < -0.39 is 0 Å². The monoisotopic (exact) mass is 378 g/mol. The van der Waals surface area contributed by atoms with E-state index in [9.17, 15) is 9.90 Å². The highest BCUT2D eigenvalue weighted by Crippen LogP contribution is 2.41. The smallest absolute Gasteiger partial charge is 0.223 e. The summed E-state index contributed by atoms with van der Waals surface area (Å²) in [4.78, 5) is 17.1. The Labute approximate surface area is 167 Å². The maximum absolute atomic E-state index is 12.6. The number of piperidine rings is 1. The van der Waals surface area contributed by atoms with Crippen LogP contribution in [0.2, 0.25) is 0 Å². The van der Waals surface area contributed by atoms with Gasteiger partial charge >= 0.3 is 0 Å². The quantitative estimate of drug-likeness (QED) is 0.831. The molecule has 0 aromatic heterocycles. The average molecular weight is 379 g/mol. The number of amides is 1. The van der Waals surface area contributed by atoms with Crippen LogP contribution in [0, 0.1) is 5.41 Å². The Kier molecular flexibility index (Phi) is 5.67.